The summed E-state index contributed by atoms with van der Waals surface area (Å²) in [6.45, 7) is 7.21. The first-order valence-corrected chi connectivity index (χ1v) is 19.2. The summed E-state index contributed by atoms with van der Waals surface area (Å²) in [5, 5.41) is 14.3. The lowest BCUT2D eigenvalue weighted by molar-refractivity contribution is -0.137. The van der Waals surface area contributed by atoms with Gasteiger partial charge in [0.2, 0.25) is 0 Å². The van der Waals surface area contributed by atoms with Crippen LogP contribution >= 0.6 is 0 Å². The minimum atomic E-state index is -4.72. The van der Waals surface area contributed by atoms with Gasteiger partial charge in [-0.05, 0) is 75.7 Å². The highest BCUT2D eigenvalue weighted by atomic mass is 19.4. The molecule has 0 saturated carbocycles. The van der Waals surface area contributed by atoms with Gasteiger partial charge < -0.3 is 9.13 Å². The smallest absolute Gasteiger partial charge is 0.308 e. The van der Waals surface area contributed by atoms with Crippen LogP contribution < -0.4 is 0 Å². The maximum atomic E-state index is 15.3. The van der Waals surface area contributed by atoms with Gasteiger partial charge in [0.25, 0.3) is 0 Å². The van der Waals surface area contributed by atoms with E-state index < -0.39 is 11.7 Å². The zero-order chi connectivity index (χ0) is 41.4. The van der Waals surface area contributed by atoms with Crippen LogP contribution in [-0.2, 0) is 6.18 Å². The molecule has 10 rings (SSSR count). The van der Waals surface area contributed by atoms with Crippen LogP contribution in [-0.4, -0.2) is 39.0 Å². The third-order valence-corrected chi connectivity index (χ3v) is 10.8. The van der Waals surface area contributed by atoms with E-state index in [2.05, 4.69) is 36.0 Å². The van der Waals surface area contributed by atoms with Gasteiger partial charge in [0.05, 0.1) is 50.6 Å². The molecule has 10 aromatic rings. The van der Waals surface area contributed by atoms with E-state index in [0.29, 0.717) is 68.5 Å². The molecule has 0 aliphatic heterocycles. The summed E-state index contributed by atoms with van der Waals surface area (Å²) in [5.41, 5.74) is 4.73. The van der Waals surface area contributed by atoms with Gasteiger partial charge in [-0.25, -0.2) is 29.9 Å². The van der Waals surface area contributed by atoms with Crippen LogP contribution in [0.15, 0.2) is 121 Å². The van der Waals surface area contributed by atoms with Gasteiger partial charge >= 0.3 is 6.18 Å². The number of fused-ring (bicyclic) bond motifs is 6. The van der Waals surface area contributed by atoms with Gasteiger partial charge in [-0.2, -0.15) is 18.4 Å². The topological polar surface area (TPSA) is 111 Å². The highest BCUT2D eigenvalue weighted by molar-refractivity contribution is 6.13. The van der Waals surface area contributed by atoms with E-state index in [4.69, 9.17) is 0 Å². The lowest BCUT2D eigenvalue weighted by Gasteiger charge is -2.23. The molecular formula is C48H32F3N9. The maximum absolute atomic E-state index is 15.3. The molecule has 0 radical (unpaired) electrons. The van der Waals surface area contributed by atoms with Crippen molar-refractivity contribution in [3.8, 4) is 51.3 Å². The van der Waals surface area contributed by atoms with Crippen molar-refractivity contribution in [1.82, 2.24) is 39.0 Å². The van der Waals surface area contributed by atoms with Gasteiger partial charge in [-0.1, -0.05) is 78.9 Å². The molecule has 9 nitrogen and oxygen atoms in total. The first-order chi connectivity index (χ1) is 29.0. The van der Waals surface area contributed by atoms with Gasteiger partial charge in [-0.3, -0.25) is 0 Å². The molecule has 0 bridgehead atoms. The fourth-order valence-electron chi connectivity index (χ4n) is 8.48. The fraction of sp³-hybridized carbons (Fsp3) is 0.104. The van der Waals surface area contributed by atoms with Gasteiger partial charge in [0, 0.05) is 38.2 Å². The monoisotopic (exact) mass is 791 g/mol. The second-order valence-electron chi connectivity index (χ2n) is 14.7. The Kier molecular flexibility index (Phi) is 8.33. The largest absolute Gasteiger partial charge is 0.417 e. The third kappa shape index (κ3) is 5.93. The lowest BCUT2D eigenvalue weighted by Crippen LogP contribution is -2.11. The number of rotatable bonds is 5. The van der Waals surface area contributed by atoms with E-state index >= 15 is 13.2 Å². The molecule has 6 aromatic carbocycles. The molecule has 60 heavy (non-hydrogen) atoms. The van der Waals surface area contributed by atoms with Gasteiger partial charge in [0.15, 0.2) is 11.6 Å². The number of nitrogens with zero attached hydrogens (tertiary/aromatic N) is 9. The molecule has 0 spiro atoms. The zero-order valence-corrected chi connectivity index (χ0v) is 32.7. The number of benzene rings is 6. The van der Waals surface area contributed by atoms with Crippen molar-refractivity contribution in [3.63, 3.8) is 0 Å². The predicted octanol–water partition coefficient (Wildman–Crippen LogP) is 11.4. The number of halogens is 3. The number of aromatic nitrogens is 8. The molecule has 12 heteroatoms. The Balaban J connectivity index is 1.39. The van der Waals surface area contributed by atoms with Crippen LogP contribution in [0.5, 0.6) is 0 Å². The van der Waals surface area contributed by atoms with E-state index in [1.54, 1.807) is 45.9 Å². The summed E-state index contributed by atoms with van der Waals surface area (Å²) in [6, 6.07) is 38.6. The van der Waals surface area contributed by atoms with Crippen LogP contribution in [0.3, 0.4) is 0 Å². The summed E-state index contributed by atoms with van der Waals surface area (Å²) in [4.78, 5) is 27.2. The molecule has 0 atom stereocenters. The molecule has 0 fully saturated rings. The SMILES string of the molecule is Cc1nc(C)nc(-c2ccc3c4ccccc4n(-c4cc(C#N)cc(-n5c6ccccc6c6ccc(-c7nc(C)nc(C)n7)cc65)c4-c4ccccc4C(F)(F)F)c3c2)n1. The van der Waals surface area contributed by atoms with Crippen molar-refractivity contribution < 1.29 is 13.2 Å². The number of hydrogen-bond donors (Lipinski definition) is 0. The summed E-state index contributed by atoms with van der Waals surface area (Å²) in [5.74, 6) is 3.18. The fourth-order valence-corrected chi connectivity index (χ4v) is 8.48. The normalized spacial score (nSPS) is 11.9. The minimum absolute atomic E-state index is 0.0453. The molecule has 0 unspecified atom stereocenters. The summed E-state index contributed by atoms with van der Waals surface area (Å²) >= 11 is 0. The molecule has 290 valence electrons. The van der Waals surface area contributed by atoms with E-state index in [9.17, 15) is 5.26 Å². The highest BCUT2D eigenvalue weighted by Gasteiger charge is 2.35. The Hall–Kier alpha value is -7.78. The van der Waals surface area contributed by atoms with E-state index in [-0.39, 0.29) is 16.7 Å². The third-order valence-electron chi connectivity index (χ3n) is 10.8. The maximum Gasteiger partial charge on any atom is 0.417 e. The first kappa shape index (κ1) is 36.6. The Labute approximate surface area is 341 Å². The molecule has 4 heterocycles. The second-order valence-corrected chi connectivity index (χ2v) is 14.7. The van der Waals surface area contributed by atoms with Gasteiger partial charge in [-0.15, -0.1) is 0 Å². The van der Waals surface area contributed by atoms with Crippen molar-refractivity contribution >= 4 is 43.6 Å². The molecular weight excluding hydrogens is 760 g/mol. The summed E-state index contributed by atoms with van der Waals surface area (Å²) in [7, 11) is 0. The minimum Gasteiger partial charge on any atom is -0.308 e. The van der Waals surface area contributed by atoms with Crippen LogP contribution in [0.25, 0.3) is 88.9 Å². The van der Waals surface area contributed by atoms with Crippen LogP contribution in [0.1, 0.15) is 34.4 Å². The zero-order valence-electron chi connectivity index (χ0n) is 32.7. The van der Waals surface area contributed by atoms with E-state index in [1.165, 1.54) is 12.1 Å². The standard InChI is InChI=1S/C48H32F3N9/c1-26-53-27(2)56-46(55-26)31-17-19-35-33-11-6-9-15-39(33)59(41(35)23-31)43-21-30(25-52)22-44(45(43)37-13-5-8-14-38(37)48(49,50)51)60-40-16-10-7-12-34(40)36-20-18-32(24-42(36)60)47-57-28(3)54-29(4)58-47/h5-24H,1-4H3. The number of nitriles is 1. The number of aryl methyl sites for hydroxylation is 4. The van der Waals surface area contributed by atoms with Crippen molar-refractivity contribution in [1.29, 1.82) is 5.26 Å². The molecule has 0 amide bonds. The molecule has 0 N–H and O–H groups in total. The number of para-hydroxylation sites is 2. The summed E-state index contributed by atoms with van der Waals surface area (Å²) in [6.07, 6.45) is -4.72. The Bertz CT molecular complexity index is 3220. The highest BCUT2D eigenvalue weighted by Crippen LogP contribution is 2.47. The van der Waals surface area contributed by atoms with Gasteiger partial charge in [0.1, 0.15) is 23.3 Å². The quantitative estimate of drug-likeness (QED) is 0.171. The van der Waals surface area contributed by atoms with Crippen molar-refractivity contribution in [3.05, 3.63) is 156 Å². The molecule has 0 aliphatic rings. The predicted molar refractivity (Wildman–Crippen MR) is 227 cm³/mol. The second kappa shape index (κ2) is 13.7. The Morgan fingerprint density at radius 1 is 0.483 bits per heavy atom. The van der Waals surface area contributed by atoms with Crippen molar-refractivity contribution in [2.45, 2.75) is 33.9 Å². The molecule has 0 aliphatic carbocycles. The number of alkyl halides is 3. The Morgan fingerprint density at radius 3 is 1.35 bits per heavy atom. The van der Waals surface area contributed by atoms with Crippen LogP contribution in [0, 0.1) is 39.0 Å². The average Bonchev–Trinajstić information content (AvgIpc) is 3.74. The molecule has 4 aromatic heterocycles. The Morgan fingerprint density at radius 2 is 0.900 bits per heavy atom. The van der Waals surface area contributed by atoms with Crippen LogP contribution in [0.2, 0.25) is 0 Å². The lowest BCUT2D eigenvalue weighted by atomic mass is 9.94. The summed E-state index contributed by atoms with van der Waals surface area (Å²) < 4.78 is 50.0. The van der Waals surface area contributed by atoms with E-state index in [1.807, 2.05) is 94.1 Å². The first-order valence-electron chi connectivity index (χ1n) is 19.2. The van der Waals surface area contributed by atoms with E-state index in [0.717, 1.165) is 38.6 Å². The average molecular weight is 792 g/mol. The molecule has 0 saturated heterocycles. The van der Waals surface area contributed by atoms with Crippen molar-refractivity contribution in [2.75, 3.05) is 0 Å². The van der Waals surface area contributed by atoms with Crippen LogP contribution in [0.4, 0.5) is 13.2 Å². The number of hydrogen-bond acceptors (Lipinski definition) is 7. The van der Waals surface area contributed by atoms with Crippen molar-refractivity contribution in [2.24, 2.45) is 0 Å².